The number of fused-ring (bicyclic) bond motifs is 1. The molecule has 0 amide bonds. The molecule has 23 heavy (non-hydrogen) atoms. The average Bonchev–Trinajstić information content (AvgIpc) is 2.87. The van der Waals surface area contributed by atoms with E-state index < -0.39 is 0 Å². The number of carbonyl (C=O) groups is 1. The number of methoxy groups -OCH3 is 2. The van der Waals surface area contributed by atoms with Crippen molar-refractivity contribution in [3.8, 4) is 11.5 Å². The van der Waals surface area contributed by atoms with Gasteiger partial charge in [-0.2, -0.15) is 0 Å². The Morgan fingerprint density at radius 2 is 1.65 bits per heavy atom. The molecule has 0 aliphatic heterocycles. The van der Waals surface area contributed by atoms with Crippen LogP contribution in [0.15, 0.2) is 36.4 Å². The minimum absolute atomic E-state index is 0.0904. The Balaban J connectivity index is 2.06. The fraction of sp³-hybridized carbons (Fsp3) is 0.222. The summed E-state index contributed by atoms with van der Waals surface area (Å²) >= 11 is 0. The van der Waals surface area contributed by atoms with Crippen molar-refractivity contribution in [2.24, 2.45) is 7.05 Å². The van der Waals surface area contributed by atoms with Crippen LogP contribution in [0.3, 0.4) is 0 Å². The molecule has 1 aromatic heterocycles. The second-order valence-corrected chi connectivity index (χ2v) is 5.35. The summed E-state index contributed by atoms with van der Waals surface area (Å²) < 4.78 is 12.4. The Morgan fingerprint density at radius 1 is 1.00 bits per heavy atom. The fourth-order valence-electron chi connectivity index (χ4n) is 2.57. The van der Waals surface area contributed by atoms with Crippen LogP contribution in [0.25, 0.3) is 11.0 Å². The highest BCUT2D eigenvalue weighted by atomic mass is 16.5. The normalized spacial score (nSPS) is 10.8. The largest absolute Gasteiger partial charge is 0.497 e. The van der Waals surface area contributed by atoms with Crippen LogP contribution in [-0.2, 0) is 7.05 Å². The third-order valence-electron chi connectivity index (χ3n) is 3.98. The zero-order chi connectivity index (χ0) is 16.6. The molecule has 0 aliphatic rings. The molecule has 2 aromatic carbocycles. The summed E-state index contributed by atoms with van der Waals surface area (Å²) in [4.78, 5) is 17.3. The molecule has 0 saturated heterocycles. The van der Waals surface area contributed by atoms with Crippen LogP contribution in [0.4, 0.5) is 0 Å². The third kappa shape index (κ3) is 2.65. The summed E-state index contributed by atoms with van der Waals surface area (Å²) in [5.41, 5.74) is 2.92. The van der Waals surface area contributed by atoms with E-state index in [2.05, 4.69) is 4.98 Å². The van der Waals surface area contributed by atoms with Crippen LogP contribution in [0.2, 0.25) is 0 Å². The third-order valence-corrected chi connectivity index (χ3v) is 3.98. The maximum atomic E-state index is 12.8. The van der Waals surface area contributed by atoms with E-state index in [1.165, 1.54) is 0 Å². The van der Waals surface area contributed by atoms with E-state index in [1.54, 1.807) is 32.4 Å². The minimum Gasteiger partial charge on any atom is -0.497 e. The van der Waals surface area contributed by atoms with Gasteiger partial charge < -0.3 is 14.0 Å². The lowest BCUT2D eigenvalue weighted by molar-refractivity contribution is 0.103. The number of nitrogens with zero attached hydrogens (tertiary/aromatic N) is 2. The lowest BCUT2D eigenvalue weighted by atomic mass is 10.0. The van der Waals surface area contributed by atoms with Gasteiger partial charge in [-0.25, -0.2) is 4.98 Å². The zero-order valence-corrected chi connectivity index (χ0v) is 13.6. The highest BCUT2D eigenvalue weighted by Crippen LogP contribution is 2.25. The standard InChI is InChI=1S/C18H18N2O3/c1-11-19-16-9-12(5-6-17(16)20(11)2)18(21)13-7-14(22-3)10-15(8-13)23-4/h5-10H,1-4H3. The van der Waals surface area contributed by atoms with Gasteiger partial charge in [-0.3, -0.25) is 4.79 Å². The number of hydrogen-bond acceptors (Lipinski definition) is 4. The second kappa shape index (κ2) is 5.76. The molecule has 0 radical (unpaired) electrons. The van der Waals surface area contributed by atoms with E-state index in [9.17, 15) is 4.79 Å². The molecule has 0 aliphatic carbocycles. The molecule has 118 valence electrons. The predicted molar refractivity (Wildman–Crippen MR) is 88.4 cm³/mol. The molecule has 0 saturated carbocycles. The first kappa shape index (κ1) is 15.1. The van der Waals surface area contributed by atoms with Crippen LogP contribution in [0, 0.1) is 6.92 Å². The van der Waals surface area contributed by atoms with E-state index >= 15 is 0 Å². The van der Waals surface area contributed by atoms with Crippen molar-refractivity contribution < 1.29 is 14.3 Å². The Bertz CT molecular complexity index is 874. The van der Waals surface area contributed by atoms with E-state index in [-0.39, 0.29) is 5.78 Å². The van der Waals surface area contributed by atoms with Gasteiger partial charge in [-0.15, -0.1) is 0 Å². The van der Waals surface area contributed by atoms with Gasteiger partial charge in [0.15, 0.2) is 5.78 Å². The predicted octanol–water partition coefficient (Wildman–Crippen LogP) is 3.13. The van der Waals surface area contributed by atoms with Crippen molar-refractivity contribution in [2.75, 3.05) is 14.2 Å². The lowest BCUT2D eigenvalue weighted by Crippen LogP contribution is -2.02. The van der Waals surface area contributed by atoms with Gasteiger partial charge >= 0.3 is 0 Å². The number of ether oxygens (including phenoxy) is 2. The summed E-state index contributed by atoms with van der Waals surface area (Å²) in [6.07, 6.45) is 0. The number of aryl methyl sites for hydroxylation is 2. The van der Waals surface area contributed by atoms with Crippen LogP contribution in [-0.4, -0.2) is 29.6 Å². The molecular formula is C18H18N2O3. The van der Waals surface area contributed by atoms with E-state index in [1.807, 2.05) is 36.7 Å². The second-order valence-electron chi connectivity index (χ2n) is 5.35. The van der Waals surface area contributed by atoms with E-state index in [0.717, 1.165) is 16.9 Å². The number of hydrogen-bond donors (Lipinski definition) is 0. The number of aromatic nitrogens is 2. The van der Waals surface area contributed by atoms with Crippen molar-refractivity contribution in [3.05, 3.63) is 53.3 Å². The molecule has 0 N–H and O–H groups in total. The topological polar surface area (TPSA) is 53.4 Å². The summed E-state index contributed by atoms with van der Waals surface area (Å²) in [5.74, 6) is 1.99. The Hall–Kier alpha value is -2.82. The molecule has 1 heterocycles. The monoisotopic (exact) mass is 310 g/mol. The highest BCUT2D eigenvalue weighted by molar-refractivity contribution is 6.10. The van der Waals surface area contributed by atoms with Gasteiger partial charge in [0.1, 0.15) is 17.3 Å². The van der Waals surface area contributed by atoms with Gasteiger partial charge in [0.2, 0.25) is 0 Å². The van der Waals surface area contributed by atoms with E-state index in [4.69, 9.17) is 9.47 Å². The van der Waals surface area contributed by atoms with Crippen molar-refractivity contribution in [1.29, 1.82) is 0 Å². The molecule has 5 heteroatoms. The maximum Gasteiger partial charge on any atom is 0.193 e. The summed E-state index contributed by atoms with van der Waals surface area (Å²) in [7, 11) is 5.08. The molecule has 3 rings (SSSR count). The molecular weight excluding hydrogens is 292 g/mol. The number of rotatable bonds is 4. The summed E-state index contributed by atoms with van der Waals surface area (Å²) in [5, 5.41) is 0. The summed E-state index contributed by atoms with van der Waals surface area (Å²) in [6.45, 7) is 1.94. The number of ketones is 1. The highest BCUT2D eigenvalue weighted by Gasteiger charge is 2.14. The van der Waals surface area contributed by atoms with Crippen LogP contribution >= 0.6 is 0 Å². The zero-order valence-electron chi connectivity index (χ0n) is 13.6. The Morgan fingerprint density at radius 3 is 2.26 bits per heavy atom. The smallest absolute Gasteiger partial charge is 0.193 e. The van der Waals surface area contributed by atoms with Crippen LogP contribution in [0.5, 0.6) is 11.5 Å². The first-order valence-corrected chi connectivity index (χ1v) is 7.24. The maximum absolute atomic E-state index is 12.8. The quantitative estimate of drug-likeness (QED) is 0.695. The Kier molecular flexibility index (Phi) is 3.78. The van der Waals surface area contributed by atoms with Crippen LogP contribution in [0.1, 0.15) is 21.7 Å². The molecule has 0 spiro atoms. The average molecular weight is 310 g/mol. The molecule has 3 aromatic rings. The first-order chi connectivity index (χ1) is 11.0. The van der Waals surface area contributed by atoms with E-state index in [0.29, 0.717) is 22.6 Å². The van der Waals surface area contributed by atoms with Gasteiger partial charge in [0.25, 0.3) is 0 Å². The SMILES string of the molecule is COc1cc(OC)cc(C(=O)c2ccc3c(c2)nc(C)n3C)c1. The van der Waals surface area contributed by atoms with Gasteiger partial charge in [0, 0.05) is 24.2 Å². The molecule has 0 atom stereocenters. The molecule has 5 nitrogen and oxygen atoms in total. The lowest BCUT2D eigenvalue weighted by Gasteiger charge is -2.08. The molecule has 0 unspecified atom stereocenters. The number of benzene rings is 2. The van der Waals surface area contributed by atoms with Crippen molar-refractivity contribution in [1.82, 2.24) is 9.55 Å². The van der Waals surface area contributed by atoms with Crippen LogP contribution < -0.4 is 9.47 Å². The van der Waals surface area contributed by atoms with Crippen molar-refractivity contribution in [3.63, 3.8) is 0 Å². The van der Waals surface area contributed by atoms with Gasteiger partial charge in [-0.05, 0) is 37.3 Å². The van der Waals surface area contributed by atoms with Gasteiger partial charge in [-0.1, -0.05) is 0 Å². The number of carbonyl (C=O) groups excluding carboxylic acids is 1. The van der Waals surface area contributed by atoms with Gasteiger partial charge in [0.05, 0.1) is 25.3 Å². The molecule has 0 fully saturated rings. The first-order valence-electron chi connectivity index (χ1n) is 7.24. The minimum atomic E-state index is -0.0904. The number of imidazole rings is 1. The van der Waals surface area contributed by atoms with Crippen molar-refractivity contribution in [2.45, 2.75) is 6.92 Å². The summed E-state index contributed by atoms with van der Waals surface area (Å²) in [6, 6.07) is 10.7. The van der Waals surface area contributed by atoms with Crippen molar-refractivity contribution >= 4 is 16.8 Å². The Labute approximate surface area is 134 Å². The molecule has 0 bridgehead atoms. The fourth-order valence-corrected chi connectivity index (χ4v) is 2.57.